The highest BCUT2D eigenvalue weighted by atomic mass is 32.2. The molecule has 0 unspecified atom stereocenters. The van der Waals surface area contributed by atoms with E-state index in [2.05, 4.69) is 9.97 Å². The molecule has 1 aromatic carbocycles. The molecular formula is C14H13FN2S2. The van der Waals surface area contributed by atoms with Crippen molar-refractivity contribution in [2.45, 2.75) is 29.4 Å². The van der Waals surface area contributed by atoms with Gasteiger partial charge < -0.3 is 4.98 Å². The van der Waals surface area contributed by atoms with E-state index >= 15 is 0 Å². The second-order valence-electron chi connectivity index (χ2n) is 4.64. The Kier molecular flexibility index (Phi) is 3.66. The predicted molar refractivity (Wildman–Crippen MR) is 77.4 cm³/mol. The maximum atomic E-state index is 12.8. The number of H-pyrrole nitrogens is 1. The molecule has 0 radical (unpaired) electrons. The van der Waals surface area contributed by atoms with Gasteiger partial charge in [-0.1, -0.05) is 12.2 Å². The van der Waals surface area contributed by atoms with Crippen LogP contribution in [-0.4, -0.2) is 9.97 Å². The van der Waals surface area contributed by atoms with Crippen LogP contribution in [-0.2, 0) is 5.75 Å². The van der Waals surface area contributed by atoms with Crippen molar-refractivity contribution >= 4 is 24.0 Å². The summed E-state index contributed by atoms with van der Waals surface area (Å²) >= 11 is 6.82. The monoisotopic (exact) mass is 292 g/mol. The Hall–Kier alpha value is -1.20. The quantitative estimate of drug-likeness (QED) is 0.667. The van der Waals surface area contributed by atoms with Crippen molar-refractivity contribution in [2.24, 2.45) is 0 Å². The second kappa shape index (κ2) is 5.43. The first kappa shape index (κ1) is 12.8. The lowest BCUT2D eigenvalue weighted by Gasteiger charge is -2.05. The Balaban J connectivity index is 1.72. The van der Waals surface area contributed by atoms with Gasteiger partial charge in [-0.2, -0.15) is 0 Å². The van der Waals surface area contributed by atoms with Crippen LogP contribution >= 0.6 is 24.0 Å². The van der Waals surface area contributed by atoms with Gasteiger partial charge in [0.05, 0.1) is 5.75 Å². The Morgan fingerprint density at radius 2 is 2.05 bits per heavy atom. The number of nitrogens with one attached hydrogen (secondary N) is 1. The first-order chi connectivity index (χ1) is 9.20. The number of hydrogen-bond donors (Lipinski definition) is 1. The number of rotatable bonds is 4. The Bertz CT molecular complexity index is 633. The molecular weight excluding hydrogens is 279 g/mol. The minimum atomic E-state index is -0.211. The van der Waals surface area contributed by atoms with E-state index in [9.17, 15) is 4.39 Å². The van der Waals surface area contributed by atoms with Gasteiger partial charge in [0.1, 0.15) is 16.3 Å². The van der Waals surface area contributed by atoms with Crippen LogP contribution in [0.15, 0.2) is 35.2 Å². The molecule has 1 aromatic heterocycles. The van der Waals surface area contributed by atoms with Crippen molar-refractivity contribution in [3.63, 3.8) is 0 Å². The lowest BCUT2D eigenvalue weighted by Crippen LogP contribution is -1.97. The second-order valence-corrected chi connectivity index (χ2v) is 6.11. The van der Waals surface area contributed by atoms with Gasteiger partial charge in [-0.05, 0) is 49.1 Å². The fourth-order valence-electron chi connectivity index (χ4n) is 1.89. The lowest BCUT2D eigenvalue weighted by atomic mass is 10.3. The van der Waals surface area contributed by atoms with Gasteiger partial charge in [-0.15, -0.1) is 11.8 Å². The van der Waals surface area contributed by atoms with Crippen molar-refractivity contribution in [2.75, 3.05) is 0 Å². The summed E-state index contributed by atoms with van der Waals surface area (Å²) < 4.78 is 13.5. The van der Waals surface area contributed by atoms with E-state index in [1.807, 2.05) is 6.07 Å². The standard InChI is InChI=1S/C14H13FN2S2/c15-10-3-5-11(6-4-10)19-8-13-16-12(9-1-2-9)7-14(18)17-13/h3-7,9H,1-2,8H2,(H,16,17,18). The van der Waals surface area contributed by atoms with Gasteiger partial charge in [0.25, 0.3) is 0 Å². The smallest absolute Gasteiger partial charge is 0.130 e. The molecule has 1 heterocycles. The van der Waals surface area contributed by atoms with Gasteiger partial charge in [-0.25, -0.2) is 9.37 Å². The Morgan fingerprint density at radius 3 is 2.74 bits per heavy atom. The molecule has 1 fully saturated rings. The van der Waals surface area contributed by atoms with Crippen LogP contribution in [0.3, 0.4) is 0 Å². The zero-order chi connectivity index (χ0) is 13.2. The maximum Gasteiger partial charge on any atom is 0.130 e. The van der Waals surface area contributed by atoms with Gasteiger partial charge in [0.15, 0.2) is 0 Å². The summed E-state index contributed by atoms with van der Waals surface area (Å²) in [5, 5.41) is 0. The number of nitrogens with zero attached hydrogens (tertiary/aromatic N) is 1. The predicted octanol–water partition coefficient (Wildman–Crippen LogP) is 4.45. The summed E-state index contributed by atoms with van der Waals surface area (Å²) in [4.78, 5) is 8.72. The summed E-state index contributed by atoms with van der Waals surface area (Å²) in [6.45, 7) is 0. The molecule has 1 N–H and O–H groups in total. The molecule has 19 heavy (non-hydrogen) atoms. The molecule has 1 aliphatic carbocycles. The Morgan fingerprint density at radius 1 is 1.32 bits per heavy atom. The van der Waals surface area contributed by atoms with E-state index in [1.165, 1.54) is 30.7 Å². The number of hydrogen-bond acceptors (Lipinski definition) is 3. The summed E-state index contributed by atoms with van der Waals surface area (Å²) in [5.74, 6) is 2.04. The molecule has 0 amide bonds. The fourth-order valence-corrected chi connectivity index (χ4v) is 2.90. The van der Waals surface area contributed by atoms with Crippen LogP contribution in [0.1, 0.15) is 30.3 Å². The number of aromatic nitrogens is 2. The number of halogens is 1. The normalized spacial score (nSPS) is 14.6. The topological polar surface area (TPSA) is 28.7 Å². The molecule has 2 aromatic rings. The maximum absolute atomic E-state index is 12.8. The molecule has 0 aliphatic heterocycles. The zero-order valence-corrected chi connectivity index (χ0v) is 11.9. The van der Waals surface area contributed by atoms with E-state index in [0.717, 1.165) is 16.5 Å². The molecule has 0 spiro atoms. The average Bonchev–Trinajstić information content (AvgIpc) is 3.22. The van der Waals surface area contributed by atoms with E-state index in [4.69, 9.17) is 12.2 Å². The summed E-state index contributed by atoms with van der Waals surface area (Å²) in [7, 11) is 0. The molecule has 2 nitrogen and oxygen atoms in total. The lowest BCUT2D eigenvalue weighted by molar-refractivity contribution is 0.626. The van der Waals surface area contributed by atoms with E-state index < -0.39 is 0 Å². The highest BCUT2D eigenvalue weighted by molar-refractivity contribution is 7.98. The number of thioether (sulfide) groups is 1. The highest BCUT2D eigenvalue weighted by Gasteiger charge is 2.24. The average molecular weight is 292 g/mol. The fraction of sp³-hybridized carbons (Fsp3) is 0.286. The Labute approximate surface area is 120 Å². The largest absolute Gasteiger partial charge is 0.346 e. The molecule has 1 saturated carbocycles. The SMILES string of the molecule is Fc1ccc(SCc2nc(=S)cc(C3CC3)[nH]2)cc1. The first-order valence-corrected chi connectivity index (χ1v) is 7.58. The van der Waals surface area contributed by atoms with E-state index in [1.54, 1.807) is 23.9 Å². The van der Waals surface area contributed by atoms with Crippen molar-refractivity contribution in [3.05, 3.63) is 52.3 Å². The van der Waals surface area contributed by atoms with Gasteiger partial charge in [0, 0.05) is 10.6 Å². The van der Waals surface area contributed by atoms with Crippen LogP contribution in [0, 0.1) is 10.5 Å². The van der Waals surface area contributed by atoms with Crippen molar-refractivity contribution < 1.29 is 4.39 Å². The van der Waals surface area contributed by atoms with Crippen LogP contribution in [0.4, 0.5) is 4.39 Å². The summed E-state index contributed by atoms with van der Waals surface area (Å²) in [6, 6.07) is 8.45. The van der Waals surface area contributed by atoms with Crippen LogP contribution in [0.2, 0.25) is 0 Å². The molecule has 0 bridgehead atoms. The molecule has 1 aliphatic rings. The van der Waals surface area contributed by atoms with E-state index in [-0.39, 0.29) is 5.82 Å². The number of aromatic amines is 1. The third-order valence-electron chi connectivity index (χ3n) is 3.02. The molecule has 5 heteroatoms. The van der Waals surface area contributed by atoms with Gasteiger partial charge >= 0.3 is 0 Å². The number of benzene rings is 1. The van der Waals surface area contributed by atoms with E-state index in [0.29, 0.717) is 10.6 Å². The third-order valence-corrected chi connectivity index (χ3v) is 4.25. The minimum absolute atomic E-state index is 0.211. The molecule has 0 atom stereocenters. The minimum Gasteiger partial charge on any atom is -0.346 e. The van der Waals surface area contributed by atoms with Gasteiger partial charge in [0.2, 0.25) is 0 Å². The summed E-state index contributed by atoms with van der Waals surface area (Å²) in [5.41, 5.74) is 1.20. The third kappa shape index (κ3) is 3.42. The molecule has 98 valence electrons. The van der Waals surface area contributed by atoms with Crippen LogP contribution in [0.5, 0.6) is 0 Å². The summed E-state index contributed by atoms with van der Waals surface area (Å²) in [6.07, 6.45) is 2.47. The van der Waals surface area contributed by atoms with Crippen molar-refractivity contribution in [1.82, 2.24) is 9.97 Å². The van der Waals surface area contributed by atoms with Crippen LogP contribution < -0.4 is 0 Å². The first-order valence-electron chi connectivity index (χ1n) is 6.19. The van der Waals surface area contributed by atoms with Crippen molar-refractivity contribution in [1.29, 1.82) is 0 Å². The molecule has 0 saturated heterocycles. The van der Waals surface area contributed by atoms with Crippen LogP contribution in [0.25, 0.3) is 0 Å². The molecule has 3 rings (SSSR count). The zero-order valence-electron chi connectivity index (χ0n) is 10.2. The highest BCUT2D eigenvalue weighted by Crippen LogP contribution is 2.39. The van der Waals surface area contributed by atoms with Crippen molar-refractivity contribution in [3.8, 4) is 0 Å². The van der Waals surface area contributed by atoms with Gasteiger partial charge in [-0.3, -0.25) is 0 Å².